The molecule has 1 aromatic carbocycles. The average molecular weight is 308 g/mol. The normalized spacial score (nSPS) is 12.2. The van der Waals surface area contributed by atoms with Gasteiger partial charge in [0, 0.05) is 22.9 Å². The average Bonchev–Trinajstić information content (AvgIpc) is 2.34. The second-order valence-electron chi connectivity index (χ2n) is 4.11. The van der Waals surface area contributed by atoms with Gasteiger partial charge in [-0.3, -0.25) is 0 Å². The fourth-order valence-electron chi connectivity index (χ4n) is 1.48. The van der Waals surface area contributed by atoms with E-state index in [0.717, 1.165) is 16.5 Å². The maximum absolute atomic E-state index is 5.71. The first-order chi connectivity index (χ1) is 8.63. The third-order valence-electron chi connectivity index (χ3n) is 2.26. The molecule has 0 saturated heterocycles. The van der Waals surface area contributed by atoms with E-state index in [1.807, 2.05) is 31.2 Å². The molecule has 5 heteroatoms. The Labute approximate surface area is 114 Å². The lowest BCUT2D eigenvalue weighted by Gasteiger charge is -2.06. The van der Waals surface area contributed by atoms with Crippen LogP contribution in [0, 0.1) is 0 Å². The third kappa shape index (κ3) is 3.78. The molecule has 4 nitrogen and oxygen atoms in total. The van der Waals surface area contributed by atoms with Crippen molar-refractivity contribution in [3.8, 4) is 11.8 Å². The minimum atomic E-state index is 0.104. The van der Waals surface area contributed by atoms with Crippen molar-refractivity contribution in [3.63, 3.8) is 0 Å². The summed E-state index contributed by atoms with van der Waals surface area (Å²) in [6, 6.07) is 7.95. The van der Waals surface area contributed by atoms with E-state index >= 15 is 0 Å². The summed E-state index contributed by atoms with van der Waals surface area (Å²) in [7, 11) is 0. The van der Waals surface area contributed by atoms with Crippen molar-refractivity contribution in [3.05, 3.63) is 46.7 Å². The van der Waals surface area contributed by atoms with Gasteiger partial charge in [-0.25, -0.2) is 9.97 Å². The number of nitrogens with zero attached hydrogens (tertiary/aromatic N) is 2. The summed E-state index contributed by atoms with van der Waals surface area (Å²) >= 11 is 3.36. The molecule has 18 heavy (non-hydrogen) atoms. The summed E-state index contributed by atoms with van der Waals surface area (Å²) in [6.07, 6.45) is 4.24. The number of aromatic nitrogens is 2. The summed E-state index contributed by atoms with van der Waals surface area (Å²) in [6.45, 7) is 1.95. The molecule has 2 aromatic rings. The first-order valence-corrected chi connectivity index (χ1v) is 6.43. The van der Waals surface area contributed by atoms with Gasteiger partial charge in [0.25, 0.3) is 0 Å². The van der Waals surface area contributed by atoms with Gasteiger partial charge in [0.2, 0.25) is 0 Å². The molecule has 0 radical (unpaired) electrons. The molecule has 0 bridgehead atoms. The molecular weight excluding hydrogens is 294 g/mol. The van der Waals surface area contributed by atoms with E-state index in [1.54, 1.807) is 12.4 Å². The van der Waals surface area contributed by atoms with Crippen LogP contribution >= 0.6 is 15.9 Å². The molecule has 0 aliphatic rings. The number of halogens is 1. The highest BCUT2D eigenvalue weighted by Crippen LogP contribution is 2.20. The van der Waals surface area contributed by atoms with Gasteiger partial charge in [0.1, 0.15) is 5.75 Å². The Bertz CT molecular complexity index is 497. The Kier molecular flexibility index (Phi) is 4.28. The van der Waals surface area contributed by atoms with Gasteiger partial charge in [-0.05, 0) is 43.2 Å². The summed E-state index contributed by atoms with van der Waals surface area (Å²) in [5.74, 6) is 0.707. The van der Waals surface area contributed by atoms with E-state index in [9.17, 15) is 0 Å². The monoisotopic (exact) mass is 307 g/mol. The van der Waals surface area contributed by atoms with Crippen molar-refractivity contribution in [2.24, 2.45) is 5.73 Å². The smallest absolute Gasteiger partial charge is 0.321 e. The van der Waals surface area contributed by atoms with Crippen LogP contribution in [0.25, 0.3) is 0 Å². The molecule has 2 rings (SSSR count). The molecule has 0 fully saturated rings. The summed E-state index contributed by atoms with van der Waals surface area (Å²) < 4.78 is 6.52. The largest absolute Gasteiger partial charge is 0.424 e. The lowest BCUT2D eigenvalue weighted by atomic mass is 10.1. The van der Waals surface area contributed by atoms with Crippen molar-refractivity contribution >= 4 is 15.9 Å². The van der Waals surface area contributed by atoms with Crippen molar-refractivity contribution in [2.45, 2.75) is 19.4 Å². The maximum Gasteiger partial charge on any atom is 0.321 e. The summed E-state index contributed by atoms with van der Waals surface area (Å²) in [5.41, 5.74) is 6.72. The molecule has 0 aliphatic heterocycles. The molecule has 0 spiro atoms. The molecule has 1 heterocycles. The van der Waals surface area contributed by atoms with E-state index in [-0.39, 0.29) is 6.04 Å². The number of hydrogen-bond acceptors (Lipinski definition) is 4. The van der Waals surface area contributed by atoms with Crippen LogP contribution in [-0.2, 0) is 6.42 Å². The van der Waals surface area contributed by atoms with Crippen LogP contribution in [0.15, 0.2) is 41.1 Å². The van der Waals surface area contributed by atoms with Gasteiger partial charge in [0.05, 0.1) is 0 Å². The minimum Gasteiger partial charge on any atom is -0.424 e. The molecule has 1 unspecified atom stereocenters. The van der Waals surface area contributed by atoms with E-state index in [2.05, 4.69) is 25.9 Å². The molecule has 94 valence electrons. The Morgan fingerprint density at radius 2 is 1.83 bits per heavy atom. The first-order valence-electron chi connectivity index (χ1n) is 5.63. The van der Waals surface area contributed by atoms with Crippen LogP contribution in [0.5, 0.6) is 11.8 Å². The molecule has 0 amide bonds. The first kappa shape index (κ1) is 13.0. The maximum atomic E-state index is 5.71. The topological polar surface area (TPSA) is 61.0 Å². The van der Waals surface area contributed by atoms with Gasteiger partial charge < -0.3 is 10.5 Å². The summed E-state index contributed by atoms with van der Waals surface area (Å²) in [5, 5.41) is 0. The SMILES string of the molecule is CC(N)Cc1cnc(Oc2ccc(Br)cc2)nc1. The van der Waals surface area contributed by atoms with Crippen LogP contribution in [0.2, 0.25) is 0 Å². The highest BCUT2D eigenvalue weighted by Gasteiger charge is 2.02. The predicted octanol–water partition coefficient (Wildman–Crippen LogP) is 2.92. The quantitative estimate of drug-likeness (QED) is 0.943. The number of rotatable bonds is 4. The van der Waals surface area contributed by atoms with E-state index in [1.165, 1.54) is 0 Å². The fourth-order valence-corrected chi connectivity index (χ4v) is 1.75. The zero-order valence-corrected chi connectivity index (χ0v) is 11.6. The van der Waals surface area contributed by atoms with Crippen molar-refractivity contribution in [1.29, 1.82) is 0 Å². The van der Waals surface area contributed by atoms with Gasteiger partial charge in [0.15, 0.2) is 0 Å². The number of nitrogens with two attached hydrogens (primary N) is 1. The van der Waals surface area contributed by atoms with E-state index in [0.29, 0.717) is 11.8 Å². The Balaban J connectivity index is 2.04. The van der Waals surface area contributed by atoms with Gasteiger partial charge in [-0.15, -0.1) is 0 Å². The highest BCUT2D eigenvalue weighted by molar-refractivity contribution is 9.10. The van der Waals surface area contributed by atoms with E-state index in [4.69, 9.17) is 10.5 Å². The van der Waals surface area contributed by atoms with Gasteiger partial charge in [-0.1, -0.05) is 15.9 Å². The summed E-state index contributed by atoms with van der Waals surface area (Å²) in [4.78, 5) is 8.30. The number of ether oxygens (including phenoxy) is 1. The molecule has 1 aromatic heterocycles. The fraction of sp³-hybridized carbons (Fsp3) is 0.231. The number of benzene rings is 1. The standard InChI is InChI=1S/C13H14BrN3O/c1-9(15)6-10-7-16-13(17-8-10)18-12-4-2-11(14)3-5-12/h2-5,7-9H,6,15H2,1H3. The van der Waals surface area contributed by atoms with Crippen LogP contribution in [0.1, 0.15) is 12.5 Å². The second-order valence-corrected chi connectivity index (χ2v) is 5.03. The van der Waals surface area contributed by atoms with Gasteiger partial charge in [-0.2, -0.15) is 0 Å². The Morgan fingerprint density at radius 1 is 1.22 bits per heavy atom. The molecule has 0 saturated carbocycles. The minimum absolute atomic E-state index is 0.104. The highest BCUT2D eigenvalue weighted by atomic mass is 79.9. The zero-order valence-electron chi connectivity index (χ0n) is 10.0. The molecular formula is C13H14BrN3O. The van der Waals surface area contributed by atoms with Crippen molar-refractivity contribution in [2.75, 3.05) is 0 Å². The van der Waals surface area contributed by atoms with Crippen LogP contribution in [-0.4, -0.2) is 16.0 Å². The zero-order chi connectivity index (χ0) is 13.0. The van der Waals surface area contributed by atoms with Crippen molar-refractivity contribution in [1.82, 2.24) is 9.97 Å². The Hall–Kier alpha value is -1.46. The third-order valence-corrected chi connectivity index (χ3v) is 2.79. The lowest BCUT2D eigenvalue weighted by molar-refractivity contribution is 0.440. The molecule has 2 N–H and O–H groups in total. The lowest BCUT2D eigenvalue weighted by Crippen LogP contribution is -2.17. The Morgan fingerprint density at radius 3 is 2.39 bits per heavy atom. The van der Waals surface area contributed by atoms with Gasteiger partial charge >= 0.3 is 6.01 Å². The van der Waals surface area contributed by atoms with E-state index < -0.39 is 0 Å². The number of hydrogen-bond donors (Lipinski definition) is 1. The van der Waals surface area contributed by atoms with Crippen molar-refractivity contribution < 1.29 is 4.74 Å². The predicted molar refractivity (Wildman–Crippen MR) is 73.6 cm³/mol. The van der Waals surface area contributed by atoms with Crippen LogP contribution < -0.4 is 10.5 Å². The van der Waals surface area contributed by atoms with Crippen LogP contribution in [0.4, 0.5) is 0 Å². The molecule has 1 atom stereocenters. The second kappa shape index (κ2) is 5.93. The molecule has 0 aliphatic carbocycles. The van der Waals surface area contributed by atoms with Crippen LogP contribution in [0.3, 0.4) is 0 Å².